The number of hydrogen-bond donors (Lipinski definition) is 0. The predicted molar refractivity (Wildman–Crippen MR) is 171 cm³/mol. The van der Waals surface area contributed by atoms with E-state index in [0.717, 1.165) is 35.1 Å². The van der Waals surface area contributed by atoms with Crippen LogP contribution in [-0.4, -0.2) is 77.2 Å². The van der Waals surface area contributed by atoms with Gasteiger partial charge in [0, 0.05) is 43.9 Å². The molecule has 1 atom stereocenters. The van der Waals surface area contributed by atoms with Crippen molar-refractivity contribution in [1.82, 2.24) is 14.7 Å². The number of fused-ring (bicyclic) bond motifs is 4. The lowest BCUT2D eigenvalue weighted by molar-refractivity contribution is -0.152. The Morgan fingerprint density at radius 2 is 1.36 bits per heavy atom. The molecule has 8 nitrogen and oxygen atoms in total. The highest BCUT2D eigenvalue weighted by atomic mass is 16.6. The van der Waals surface area contributed by atoms with Crippen LogP contribution in [0.4, 0.5) is 9.59 Å². The van der Waals surface area contributed by atoms with E-state index in [0.29, 0.717) is 39.1 Å². The second-order valence-corrected chi connectivity index (χ2v) is 14.1. The van der Waals surface area contributed by atoms with Crippen LogP contribution in [0.1, 0.15) is 61.8 Å². The lowest BCUT2D eigenvalue weighted by Gasteiger charge is -2.55. The quantitative estimate of drug-likeness (QED) is 0.353. The van der Waals surface area contributed by atoms with Gasteiger partial charge in [0.2, 0.25) is 5.91 Å². The zero-order valence-corrected chi connectivity index (χ0v) is 26.3. The largest absolute Gasteiger partial charge is 0.448 e. The van der Waals surface area contributed by atoms with Crippen LogP contribution in [0.3, 0.4) is 0 Å². The molecule has 0 N–H and O–H groups in total. The number of carbonyl (C=O) groups excluding carboxylic acids is 3. The van der Waals surface area contributed by atoms with Crippen molar-refractivity contribution in [1.29, 1.82) is 0 Å². The maximum atomic E-state index is 14.0. The first-order valence-electron chi connectivity index (χ1n) is 16.1. The smallest absolute Gasteiger partial charge is 0.410 e. The van der Waals surface area contributed by atoms with E-state index in [-0.39, 0.29) is 29.9 Å². The van der Waals surface area contributed by atoms with E-state index in [2.05, 4.69) is 30.3 Å². The Morgan fingerprint density at radius 3 is 1.98 bits per heavy atom. The molecule has 8 heteroatoms. The van der Waals surface area contributed by atoms with E-state index in [1.165, 1.54) is 11.1 Å². The van der Waals surface area contributed by atoms with E-state index in [4.69, 9.17) is 9.47 Å². The molecule has 7 rings (SSSR count). The minimum atomic E-state index is -0.616. The normalized spacial score (nSPS) is 20.2. The Balaban J connectivity index is 1.03. The molecule has 4 aliphatic rings. The van der Waals surface area contributed by atoms with Crippen LogP contribution in [-0.2, 0) is 27.2 Å². The summed E-state index contributed by atoms with van der Waals surface area (Å²) in [6.45, 7) is 8.72. The first-order valence-corrected chi connectivity index (χ1v) is 16.1. The fourth-order valence-corrected chi connectivity index (χ4v) is 7.55. The number of carbonyl (C=O) groups is 3. The third-order valence-corrected chi connectivity index (χ3v) is 9.94. The van der Waals surface area contributed by atoms with E-state index in [1.807, 2.05) is 68.1 Å². The zero-order valence-electron chi connectivity index (χ0n) is 26.3. The number of rotatable bonds is 3. The van der Waals surface area contributed by atoms with Gasteiger partial charge in [0.25, 0.3) is 0 Å². The van der Waals surface area contributed by atoms with Crippen molar-refractivity contribution in [3.63, 3.8) is 0 Å². The summed E-state index contributed by atoms with van der Waals surface area (Å²) in [5.41, 5.74) is 6.30. The number of likely N-dealkylation sites (tertiary alicyclic amines) is 2. The van der Waals surface area contributed by atoms with Crippen molar-refractivity contribution in [3.05, 3.63) is 95.1 Å². The molecule has 0 saturated carbocycles. The molecule has 2 fully saturated rings. The van der Waals surface area contributed by atoms with Gasteiger partial charge in [-0.15, -0.1) is 0 Å². The molecule has 1 spiro atoms. The average Bonchev–Trinajstić information content (AvgIpc) is 3.34. The summed E-state index contributed by atoms with van der Waals surface area (Å²) in [5.74, 6) is -0.0763. The molecule has 3 aromatic rings. The number of nitrogens with zero attached hydrogens (tertiary/aromatic N) is 3. The Morgan fingerprint density at radius 1 is 0.778 bits per heavy atom. The summed E-state index contributed by atoms with van der Waals surface area (Å²) in [6, 6.07) is 24.0. The molecular formula is C37H41N3O5. The summed E-state index contributed by atoms with van der Waals surface area (Å²) in [6.07, 6.45) is 1.41. The van der Waals surface area contributed by atoms with Crippen LogP contribution in [0.25, 0.3) is 11.1 Å². The molecule has 0 aromatic heterocycles. The van der Waals surface area contributed by atoms with Crippen molar-refractivity contribution < 1.29 is 23.9 Å². The Bertz CT molecular complexity index is 1580. The van der Waals surface area contributed by atoms with Gasteiger partial charge in [-0.05, 0) is 67.0 Å². The SMILES string of the molecule is CC(C)(C)OC(=O)N1CCC2(CC1)CN(C(=O)[C@H]1Cc3ccccc3CN1C(=O)OCC1c3ccccc3-c3ccccc31)C2. The van der Waals surface area contributed by atoms with Gasteiger partial charge in [-0.3, -0.25) is 9.69 Å². The van der Waals surface area contributed by atoms with Gasteiger partial charge in [0.15, 0.2) is 0 Å². The van der Waals surface area contributed by atoms with Gasteiger partial charge in [0.1, 0.15) is 18.2 Å². The standard InChI is InChI=1S/C37H41N3O5/c1-36(2,3)45-34(42)38-18-16-37(17-19-38)23-39(24-37)33(41)32-20-25-10-4-5-11-26(25)21-40(32)35(43)44-22-31-29-14-8-6-12-27(29)28-13-7-9-15-30(28)31/h4-15,31-32H,16-24H2,1-3H3/t32-/m1/s1. The van der Waals surface area contributed by atoms with E-state index in [1.54, 1.807) is 9.80 Å². The molecule has 1 aliphatic carbocycles. The Hall–Kier alpha value is -4.33. The number of hydrogen-bond acceptors (Lipinski definition) is 5. The first kappa shape index (κ1) is 29.4. The lowest BCUT2D eigenvalue weighted by Crippen LogP contribution is -2.66. The molecule has 0 bridgehead atoms. The third kappa shape index (κ3) is 5.55. The number of benzene rings is 3. The maximum Gasteiger partial charge on any atom is 0.410 e. The van der Waals surface area contributed by atoms with Crippen molar-refractivity contribution in [2.45, 2.75) is 64.1 Å². The van der Waals surface area contributed by atoms with E-state index >= 15 is 0 Å². The molecular weight excluding hydrogens is 566 g/mol. The van der Waals surface area contributed by atoms with Crippen LogP contribution in [0.5, 0.6) is 0 Å². The molecule has 3 aliphatic heterocycles. The van der Waals surface area contributed by atoms with Gasteiger partial charge in [-0.2, -0.15) is 0 Å². The van der Waals surface area contributed by atoms with Crippen LogP contribution in [0.2, 0.25) is 0 Å². The minimum Gasteiger partial charge on any atom is -0.448 e. The van der Waals surface area contributed by atoms with Gasteiger partial charge in [-0.1, -0.05) is 72.8 Å². The molecule has 3 amide bonds. The summed E-state index contributed by atoms with van der Waals surface area (Å²) in [7, 11) is 0. The average molecular weight is 608 g/mol. The third-order valence-electron chi connectivity index (χ3n) is 9.94. The van der Waals surface area contributed by atoms with Crippen molar-refractivity contribution >= 4 is 18.1 Å². The minimum absolute atomic E-state index is 0.00927. The number of ether oxygens (including phenoxy) is 2. The van der Waals surface area contributed by atoms with Gasteiger partial charge in [0.05, 0.1) is 6.54 Å². The molecule has 234 valence electrons. The van der Waals surface area contributed by atoms with Crippen LogP contribution in [0, 0.1) is 5.41 Å². The highest BCUT2D eigenvalue weighted by Gasteiger charge is 2.50. The van der Waals surface area contributed by atoms with Crippen LogP contribution in [0.15, 0.2) is 72.8 Å². The molecule has 45 heavy (non-hydrogen) atoms. The Kier molecular flexibility index (Phi) is 7.34. The molecule has 2 saturated heterocycles. The molecule has 3 aromatic carbocycles. The maximum absolute atomic E-state index is 14.0. The van der Waals surface area contributed by atoms with Crippen LogP contribution < -0.4 is 0 Å². The fraction of sp³-hybridized carbons (Fsp3) is 0.432. The lowest BCUT2D eigenvalue weighted by atomic mass is 9.71. The van der Waals surface area contributed by atoms with Crippen molar-refractivity contribution in [2.24, 2.45) is 5.41 Å². The second-order valence-electron chi connectivity index (χ2n) is 14.1. The highest BCUT2D eigenvalue weighted by Crippen LogP contribution is 2.45. The summed E-state index contributed by atoms with van der Waals surface area (Å²) in [5, 5.41) is 0. The summed E-state index contributed by atoms with van der Waals surface area (Å²) >= 11 is 0. The number of amides is 3. The van der Waals surface area contributed by atoms with Crippen molar-refractivity contribution in [3.8, 4) is 11.1 Å². The van der Waals surface area contributed by atoms with Crippen LogP contribution >= 0.6 is 0 Å². The predicted octanol–water partition coefficient (Wildman–Crippen LogP) is 6.22. The van der Waals surface area contributed by atoms with Gasteiger partial charge >= 0.3 is 12.2 Å². The monoisotopic (exact) mass is 607 g/mol. The number of piperidine rings is 1. The molecule has 0 unspecified atom stereocenters. The Labute approximate surface area is 264 Å². The van der Waals surface area contributed by atoms with Crippen molar-refractivity contribution in [2.75, 3.05) is 32.8 Å². The first-order chi connectivity index (χ1) is 21.6. The zero-order chi connectivity index (χ0) is 31.3. The van der Waals surface area contributed by atoms with Gasteiger partial charge < -0.3 is 19.3 Å². The summed E-state index contributed by atoms with van der Waals surface area (Å²) in [4.78, 5) is 45.7. The second kappa shape index (κ2) is 11.2. The highest BCUT2D eigenvalue weighted by molar-refractivity contribution is 5.87. The topological polar surface area (TPSA) is 79.4 Å². The summed E-state index contributed by atoms with van der Waals surface area (Å²) < 4.78 is 11.6. The molecule has 0 radical (unpaired) electrons. The fourth-order valence-electron chi connectivity index (χ4n) is 7.55. The molecule has 3 heterocycles. The van der Waals surface area contributed by atoms with E-state index < -0.39 is 17.7 Å². The van der Waals surface area contributed by atoms with E-state index in [9.17, 15) is 14.4 Å². The van der Waals surface area contributed by atoms with Gasteiger partial charge in [-0.25, -0.2) is 9.59 Å².